The number of rotatable bonds is 8. The van der Waals surface area contributed by atoms with Crippen molar-refractivity contribution in [2.24, 2.45) is 0 Å². The Labute approximate surface area is 113 Å². The Morgan fingerprint density at radius 3 is 2.79 bits per heavy atom. The molecule has 0 spiro atoms. The van der Waals surface area contributed by atoms with Crippen LogP contribution in [0.4, 0.5) is 5.82 Å². The van der Waals surface area contributed by atoms with Gasteiger partial charge >= 0.3 is 5.97 Å². The van der Waals surface area contributed by atoms with E-state index in [4.69, 9.17) is 9.84 Å². The van der Waals surface area contributed by atoms with Crippen LogP contribution in [0.3, 0.4) is 0 Å². The Balaban J connectivity index is 2.74. The largest absolute Gasteiger partial charge is 0.481 e. The highest BCUT2D eigenvalue weighted by atomic mass is 16.5. The maximum absolute atomic E-state index is 10.6. The molecule has 1 aromatic rings. The van der Waals surface area contributed by atoms with E-state index in [9.17, 15) is 4.79 Å². The molecule has 0 saturated heterocycles. The Bertz CT molecular complexity index is 410. The summed E-state index contributed by atoms with van der Waals surface area (Å²) in [5, 5.41) is 8.68. The number of nitrogens with zero attached hydrogens (tertiary/aromatic N) is 3. The van der Waals surface area contributed by atoms with Crippen molar-refractivity contribution in [2.45, 2.75) is 39.7 Å². The number of hydrogen-bond donors (Lipinski definition) is 1. The van der Waals surface area contributed by atoms with E-state index in [1.165, 1.54) is 0 Å². The standard InChI is InChI=1S/C13H21N3O3/c1-4-19-12-9-14-8-11(15-12)16(10(2)3)7-5-6-13(17)18/h8-10H,4-7H2,1-3H3,(H,17,18). The van der Waals surface area contributed by atoms with Crippen molar-refractivity contribution in [1.82, 2.24) is 9.97 Å². The average molecular weight is 267 g/mol. The van der Waals surface area contributed by atoms with Gasteiger partial charge < -0.3 is 14.7 Å². The van der Waals surface area contributed by atoms with Gasteiger partial charge in [-0.2, -0.15) is 4.98 Å². The van der Waals surface area contributed by atoms with Crippen molar-refractivity contribution in [3.8, 4) is 5.88 Å². The molecule has 19 heavy (non-hydrogen) atoms. The normalized spacial score (nSPS) is 10.5. The number of anilines is 1. The molecule has 0 amide bonds. The first kappa shape index (κ1) is 15.2. The van der Waals surface area contributed by atoms with Gasteiger partial charge in [-0.3, -0.25) is 9.78 Å². The van der Waals surface area contributed by atoms with Gasteiger partial charge in [0, 0.05) is 19.0 Å². The van der Waals surface area contributed by atoms with Crippen molar-refractivity contribution in [1.29, 1.82) is 0 Å². The molecule has 6 nitrogen and oxygen atoms in total. The van der Waals surface area contributed by atoms with Crippen LogP contribution in [-0.2, 0) is 4.79 Å². The molecule has 1 rings (SSSR count). The van der Waals surface area contributed by atoms with Crippen LogP contribution in [0.5, 0.6) is 5.88 Å². The maximum atomic E-state index is 10.6. The maximum Gasteiger partial charge on any atom is 0.303 e. The lowest BCUT2D eigenvalue weighted by atomic mass is 10.2. The van der Waals surface area contributed by atoms with Gasteiger partial charge in [0.25, 0.3) is 0 Å². The minimum absolute atomic E-state index is 0.155. The third kappa shape index (κ3) is 5.11. The number of carboxylic acid groups (broad SMARTS) is 1. The molecule has 6 heteroatoms. The number of hydrogen-bond acceptors (Lipinski definition) is 5. The summed E-state index contributed by atoms with van der Waals surface area (Å²) in [6.07, 6.45) is 3.97. The van der Waals surface area contributed by atoms with Crippen molar-refractivity contribution in [3.05, 3.63) is 12.4 Å². The molecule has 0 aliphatic heterocycles. The molecule has 0 saturated carbocycles. The lowest BCUT2D eigenvalue weighted by Crippen LogP contribution is -2.33. The third-order valence-corrected chi connectivity index (χ3v) is 2.60. The molecule has 0 aliphatic carbocycles. The average Bonchev–Trinajstić information content (AvgIpc) is 2.34. The van der Waals surface area contributed by atoms with Gasteiger partial charge in [0.15, 0.2) is 5.82 Å². The number of carboxylic acids is 1. The summed E-state index contributed by atoms with van der Waals surface area (Å²) in [6, 6.07) is 0.222. The van der Waals surface area contributed by atoms with E-state index in [2.05, 4.69) is 9.97 Å². The van der Waals surface area contributed by atoms with E-state index in [0.717, 1.165) is 0 Å². The number of aromatic nitrogens is 2. The monoisotopic (exact) mass is 267 g/mol. The molecule has 0 radical (unpaired) electrons. The third-order valence-electron chi connectivity index (χ3n) is 2.60. The van der Waals surface area contributed by atoms with Crippen LogP contribution >= 0.6 is 0 Å². The first-order chi connectivity index (χ1) is 9.04. The zero-order valence-electron chi connectivity index (χ0n) is 11.7. The van der Waals surface area contributed by atoms with E-state index in [-0.39, 0.29) is 12.5 Å². The summed E-state index contributed by atoms with van der Waals surface area (Å²) in [6.45, 7) is 7.14. The predicted molar refractivity (Wildman–Crippen MR) is 72.6 cm³/mol. The van der Waals surface area contributed by atoms with Gasteiger partial charge in [0.2, 0.25) is 5.88 Å². The summed E-state index contributed by atoms with van der Waals surface area (Å²) in [7, 11) is 0. The van der Waals surface area contributed by atoms with E-state index in [0.29, 0.717) is 31.3 Å². The van der Waals surface area contributed by atoms with Crippen LogP contribution in [0.25, 0.3) is 0 Å². The predicted octanol–water partition coefficient (Wildman–Crippen LogP) is 1.95. The summed E-state index contributed by atoms with van der Waals surface area (Å²) < 4.78 is 5.32. The molecule has 1 aromatic heterocycles. The molecule has 1 N–H and O–H groups in total. The minimum Gasteiger partial charge on any atom is -0.481 e. The summed E-state index contributed by atoms with van der Waals surface area (Å²) in [5.41, 5.74) is 0. The lowest BCUT2D eigenvalue weighted by molar-refractivity contribution is -0.137. The second kappa shape index (κ2) is 7.56. The summed E-state index contributed by atoms with van der Waals surface area (Å²) in [4.78, 5) is 21.1. The lowest BCUT2D eigenvalue weighted by Gasteiger charge is -2.27. The second-order valence-corrected chi connectivity index (χ2v) is 4.43. The van der Waals surface area contributed by atoms with Crippen LogP contribution < -0.4 is 9.64 Å². The van der Waals surface area contributed by atoms with Crippen molar-refractivity contribution >= 4 is 11.8 Å². The van der Waals surface area contributed by atoms with Gasteiger partial charge in [-0.1, -0.05) is 0 Å². The number of aliphatic carboxylic acids is 1. The van der Waals surface area contributed by atoms with Crippen molar-refractivity contribution < 1.29 is 14.6 Å². The molecule has 0 bridgehead atoms. The van der Waals surface area contributed by atoms with E-state index in [1.54, 1.807) is 12.4 Å². The Morgan fingerprint density at radius 1 is 1.47 bits per heavy atom. The quantitative estimate of drug-likeness (QED) is 0.776. The van der Waals surface area contributed by atoms with Crippen LogP contribution in [0.1, 0.15) is 33.6 Å². The van der Waals surface area contributed by atoms with Crippen LogP contribution in [0.2, 0.25) is 0 Å². The van der Waals surface area contributed by atoms with Gasteiger partial charge in [0.05, 0.1) is 19.0 Å². The molecule has 1 heterocycles. The van der Waals surface area contributed by atoms with Crippen LogP contribution in [0, 0.1) is 0 Å². The fourth-order valence-electron chi connectivity index (χ4n) is 1.73. The van der Waals surface area contributed by atoms with Crippen LogP contribution in [-0.4, -0.2) is 40.2 Å². The molecular formula is C13H21N3O3. The first-order valence-electron chi connectivity index (χ1n) is 6.47. The molecule has 0 aromatic carbocycles. The van der Waals surface area contributed by atoms with E-state index < -0.39 is 5.97 Å². The Morgan fingerprint density at radius 2 is 2.21 bits per heavy atom. The zero-order chi connectivity index (χ0) is 14.3. The first-order valence-corrected chi connectivity index (χ1v) is 6.47. The highest BCUT2D eigenvalue weighted by molar-refractivity contribution is 5.66. The zero-order valence-corrected chi connectivity index (χ0v) is 11.7. The smallest absolute Gasteiger partial charge is 0.303 e. The number of carbonyl (C=O) groups is 1. The highest BCUT2D eigenvalue weighted by Crippen LogP contribution is 2.17. The molecule has 0 fully saturated rings. The topological polar surface area (TPSA) is 75.5 Å². The fourth-order valence-corrected chi connectivity index (χ4v) is 1.73. The fraction of sp³-hybridized carbons (Fsp3) is 0.615. The van der Waals surface area contributed by atoms with Crippen molar-refractivity contribution in [3.63, 3.8) is 0 Å². The van der Waals surface area contributed by atoms with Crippen LogP contribution in [0.15, 0.2) is 12.4 Å². The SMILES string of the molecule is CCOc1cncc(N(CCCC(=O)O)C(C)C)n1. The summed E-state index contributed by atoms with van der Waals surface area (Å²) in [5.74, 6) is 0.424. The van der Waals surface area contributed by atoms with Gasteiger partial charge in [-0.05, 0) is 27.2 Å². The van der Waals surface area contributed by atoms with Crippen molar-refractivity contribution in [2.75, 3.05) is 18.1 Å². The number of ether oxygens (including phenoxy) is 1. The van der Waals surface area contributed by atoms with Gasteiger partial charge in [-0.25, -0.2) is 0 Å². The minimum atomic E-state index is -0.780. The second-order valence-electron chi connectivity index (χ2n) is 4.43. The Hall–Kier alpha value is -1.85. The highest BCUT2D eigenvalue weighted by Gasteiger charge is 2.13. The molecular weight excluding hydrogens is 246 g/mol. The molecule has 0 aliphatic rings. The molecule has 106 valence electrons. The Kier molecular flexibility index (Phi) is 6.05. The van der Waals surface area contributed by atoms with Gasteiger partial charge in [-0.15, -0.1) is 0 Å². The summed E-state index contributed by atoms with van der Waals surface area (Å²) >= 11 is 0. The molecule has 0 atom stereocenters. The van der Waals surface area contributed by atoms with E-state index in [1.807, 2.05) is 25.7 Å². The van der Waals surface area contributed by atoms with E-state index >= 15 is 0 Å². The van der Waals surface area contributed by atoms with Gasteiger partial charge in [0.1, 0.15) is 0 Å². The molecule has 0 unspecified atom stereocenters.